The molecule has 1 N–H and O–H groups in total. The molecule has 0 atom stereocenters. The van der Waals surface area contributed by atoms with Gasteiger partial charge in [-0.05, 0) is 24.3 Å². The second kappa shape index (κ2) is 7.06. The van der Waals surface area contributed by atoms with Gasteiger partial charge in [0.2, 0.25) is 5.78 Å². The average molecular weight is 365 g/mol. The number of aromatic nitrogens is 3. The van der Waals surface area contributed by atoms with Gasteiger partial charge in [-0.3, -0.25) is 4.40 Å². The summed E-state index contributed by atoms with van der Waals surface area (Å²) in [4.78, 5) is 9.04. The Labute approximate surface area is 156 Å². The second-order valence-electron chi connectivity index (χ2n) is 5.77. The summed E-state index contributed by atoms with van der Waals surface area (Å²) in [5, 5.41) is 4.18. The van der Waals surface area contributed by atoms with E-state index in [0.29, 0.717) is 17.3 Å². The number of halogens is 1. The molecule has 2 aromatic carbocycles. The number of para-hydroxylation sites is 1. The van der Waals surface area contributed by atoms with Crippen LogP contribution in [0.2, 0.25) is 5.02 Å². The molecular weight excluding hydrogens is 348 g/mol. The maximum atomic E-state index is 6.02. The number of anilines is 1. The highest BCUT2D eigenvalue weighted by Crippen LogP contribution is 2.30. The molecule has 0 saturated heterocycles. The molecule has 0 aliphatic rings. The summed E-state index contributed by atoms with van der Waals surface area (Å²) in [7, 11) is 1.68. The number of hydrogen-bond donors (Lipinski definition) is 1. The van der Waals surface area contributed by atoms with Crippen LogP contribution in [-0.2, 0) is 6.54 Å². The molecule has 0 bridgehead atoms. The van der Waals surface area contributed by atoms with Crippen molar-refractivity contribution in [2.24, 2.45) is 0 Å². The highest BCUT2D eigenvalue weighted by molar-refractivity contribution is 6.30. The highest BCUT2D eigenvalue weighted by atomic mass is 35.5. The Bertz CT molecular complexity index is 1040. The number of ether oxygens (including phenoxy) is 1. The third kappa shape index (κ3) is 3.09. The lowest BCUT2D eigenvalue weighted by Gasteiger charge is -2.11. The van der Waals surface area contributed by atoms with Crippen LogP contribution < -0.4 is 10.1 Å². The van der Waals surface area contributed by atoms with E-state index in [4.69, 9.17) is 16.3 Å². The zero-order valence-electron chi connectivity index (χ0n) is 14.2. The number of rotatable bonds is 5. The van der Waals surface area contributed by atoms with Crippen molar-refractivity contribution >= 4 is 23.2 Å². The van der Waals surface area contributed by atoms with E-state index in [9.17, 15) is 0 Å². The van der Waals surface area contributed by atoms with Crippen LogP contribution in [0.25, 0.3) is 17.0 Å². The first-order valence-corrected chi connectivity index (χ1v) is 8.59. The van der Waals surface area contributed by atoms with E-state index in [1.807, 2.05) is 65.2 Å². The molecule has 0 unspecified atom stereocenters. The Balaban J connectivity index is 1.75. The maximum Gasteiger partial charge on any atom is 0.235 e. The van der Waals surface area contributed by atoms with E-state index in [-0.39, 0.29) is 0 Å². The molecule has 4 aromatic rings. The van der Waals surface area contributed by atoms with Crippen molar-refractivity contribution < 1.29 is 4.74 Å². The van der Waals surface area contributed by atoms with Crippen LogP contribution >= 0.6 is 11.6 Å². The van der Waals surface area contributed by atoms with Gasteiger partial charge in [0, 0.05) is 35.1 Å². The molecule has 4 rings (SSSR count). The van der Waals surface area contributed by atoms with Gasteiger partial charge in [0.15, 0.2) is 0 Å². The summed E-state index contributed by atoms with van der Waals surface area (Å²) in [6.07, 6.45) is 3.68. The van der Waals surface area contributed by atoms with E-state index in [1.165, 1.54) is 0 Å². The van der Waals surface area contributed by atoms with Crippen molar-refractivity contribution in [3.63, 3.8) is 0 Å². The van der Waals surface area contributed by atoms with Gasteiger partial charge in [0.05, 0.1) is 7.11 Å². The van der Waals surface area contributed by atoms with Crippen molar-refractivity contribution in [2.75, 3.05) is 12.4 Å². The molecule has 0 aliphatic heterocycles. The Morgan fingerprint density at radius 2 is 1.88 bits per heavy atom. The van der Waals surface area contributed by atoms with Crippen molar-refractivity contribution in [1.82, 2.24) is 14.4 Å². The molecule has 0 amide bonds. The first-order valence-electron chi connectivity index (χ1n) is 8.21. The first-order chi connectivity index (χ1) is 12.8. The summed E-state index contributed by atoms with van der Waals surface area (Å²) < 4.78 is 7.39. The van der Waals surface area contributed by atoms with Crippen LogP contribution in [0.4, 0.5) is 5.82 Å². The maximum absolute atomic E-state index is 6.02. The van der Waals surface area contributed by atoms with Crippen LogP contribution in [0.1, 0.15) is 5.56 Å². The lowest BCUT2D eigenvalue weighted by atomic mass is 10.1. The zero-order chi connectivity index (χ0) is 17.9. The van der Waals surface area contributed by atoms with Crippen LogP contribution in [0.5, 0.6) is 5.75 Å². The summed E-state index contributed by atoms with van der Waals surface area (Å²) in [6, 6.07) is 17.5. The molecule has 0 saturated carbocycles. The van der Waals surface area contributed by atoms with E-state index in [0.717, 1.165) is 28.4 Å². The molecule has 6 heteroatoms. The van der Waals surface area contributed by atoms with Crippen molar-refractivity contribution in [1.29, 1.82) is 0 Å². The van der Waals surface area contributed by atoms with Crippen LogP contribution in [0.15, 0.2) is 67.0 Å². The van der Waals surface area contributed by atoms with Crippen molar-refractivity contribution in [3.8, 4) is 17.0 Å². The Hall–Kier alpha value is -3.05. The monoisotopic (exact) mass is 364 g/mol. The van der Waals surface area contributed by atoms with Crippen LogP contribution in [-0.4, -0.2) is 21.5 Å². The number of benzene rings is 2. The van der Waals surface area contributed by atoms with E-state index in [2.05, 4.69) is 15.3 Å². The molecule has 130 valence electrons. The van der Waals surface area contributed by atoms with Gasteiger partial charge in [-0.25, -0.2) is 9.97 Å². The third-order valence-electron chi connectivity index (χ3n) is 4.16. The van der Waals surface area contributed by atoms with Crippen molar-refractivity contribution in [2.45, 2.75) is 6.54 Å². The average Bonchev–Trinajstić information content (AvgIpc) is 3.05. The topological polar surface area (TPSA) is 51.5 Å². The molecule has 0 fully saturated rings. The van der Waals surface area contributed by atoms with E-state index < -0.39 is 0 Å². The first kappa shape index (κ1) is 16.4. The van der Waals surface area contributed by atoms with Gasteiger partial charge in [0.1, 0.15) is 17.3 Å². The van der Waals surface area contributed by atoms with E-state index in [1.54, 1.807) is 13.3 Å². The second-order valence-corrected chi connectivity index (χ2v) is 6.21. The largest absolute Gasteiger partial charge is 0.496 e. The zero-order valence-corrected chi connectivity index (χ0v) is 14.9. The summed E-state index contributed by atoms with van der Waals surface area (Å²) in [6.45, 7) is 0.604. The van der Waals surface area contributed by atoms with Crippen LogP contribution in [0.3, 0.4) is 0 Å². The molecule has 2 aromatic heterocycles. The molecular formula is C20H17ClN4O. The van der Waals surface area contributed by atoms with Gasteiger partial charge in [-0.1, -0.05) is 41.9 Å². The fourth-order valence-corrected chi connectivity index (χ4v) is 3.02. The van der Waals surface area contributed by atoms with Crippen LogP contribution in [0, 0.1) is 0 Å². The SMILES string of the molecule is COc1ccccc1CNc1c(-c2ccc(Cl)cc2)nc2ncccn12. The minimum absolute atomic E-state index is 0.604. The molecule has 0 spiro atoms. The molecule has 26 heavy (non-hydrogen) atoms. The van der Waals surface area contributed by atoms with Gasteiger partial charge < -0.3 is 10.1 Å². The van der Waals surface area contributed by atoms with E-state index >= 15 is 0 Å². The summed E-state index contributed by atoms with van der Waals surface area (Å²) in [5.41, 5.74) is 2.87. The predicted molar refractivity (Wildman–Crippen MR) is 104 cm³/mol. The standard InChI is InChI=1S/C20H17ClN4O/c1-26-17-6-3-2-5-15(17)13-23-19-18(14-7-9-16(21)10-8-14)24-20-22-11-4-12-25(19)20/h2-12,23H,13H2,1H3. The van der Waals surface area contributed by atoms with Gasteiger partial charge >= 0.3 is 0 Å². The molecule has 0 aliphatic carbocycles. The fourth-order valence-electron chi connectivity index (χ4n) is 2.89. The minimum Gasteiger partial charge on any atom is -0.496 e. The number of methoxy groups -OCH3 is 1. The predicted octanol–water partition coefficient (Wildman–Crippen LogP) is 4.67. The number of nitrogens with zero attached hydrogens (tertiary/aromatic N) is 3. The number of hydrogen-bond acceptors (Lipinski definition) is 4. The smallest absolute Gasteiger partial charge is 0.235 e. The number of fused-ring (bicyclic) bond motifs is 1. The molecule has 0 radical (unpaired) electrons. The summed E-state index contributed by atoms with van der Waals surface area (Å²) in [5.74, 6) is 2.36. The normalized spacial score (nSPS) is 10.8. The third-order valence-corrected chi connectivity index (χ3v) is 4.41. The van der Waals surface area contributed by atoms with Crippen molar-refractivity contribution in [3.05, 3.63) is 77.6 Å². The Kier molecular flexibility index (Phi) is 4.46. The molecule has 5 nitrogen and oxygen atoms in total. The molecule has 2 heterocycles. The van der Waals surface area contributed by atoms with Gasteiger partial charge in [-0.2, -0.15) is 0 Å². The lowest BCUT2D eigenvalue weighted by molar-refractivity contribution is 0.410. The Morgan fingerprint density at radius 3 is 2.69 bits per heavy atom. The van der Waals surface area contributed by atoms with Gasteiger partial charge in [-0.15, -0.1) is 0 Å². The number of imidazole rings is 1. The number of nitrogens with one attached hydrogen (secondary N) is 1. The quantitative estimate of drug-likeness (QED) is 0.559. The minimum atomic E-state index is 0.604. The fraction of sp³-hybridized carbons (Fsp3) is 0.100. The summed E-state index contributed by atoms with van der Waals surface area (Å²) >= 11 is 6.02. The Morgan fingerprint density at radius 1 is 1.08 bits per heavy atom. The highest BCUT2D eigenvalue weighted by Gasteiger charge is 2.15. The lowest BCUT2D eigenvalue weighted by Crippen LogP contribution is -2.05. The van der Waals surface area contributed by atoms with Gasteiger partial charge in [0.25, 0.3) is 0 Å².